The highest BCUT2D eigenvalue weighted by molar-refractivity contribution is 5.94. The molecule has 0 unspecified atom stereocenters. The lowest BCUT2D eigenvalue weighted by Gasteiger charge is -2.32. The van der Waals surface area contributed by atoms with E-state index < -0.39 is 0 Å². The predicted octanol–water partition coefficient (Wildman–Crippen LogP) is 4.12. The van der Waals surface area contributed by atoms with Gasteiger partial charge in [-0.2, -0.15) is 0 Å². The van der Waals surface area contributed by atoms with Gasteiger partial charge in [-0.15, -0.1) is 0 Å². The van der Waals surface area contributed by atoms with E-state index in [9.17, 15) is 4.79 Å². The molecule has 142 valence electrons. The second-order valence-corrected chi connectivity index (χ2v) is 6.75. The molecule has 4 rings (SSSR count). The van der Waals surface area contributed by atoms with Crippen molar-refractivity contribution in [3.8, 4) is 11.5 Å². The van der Waals surface area contributed by atoms with Crippen molar-refractivity contribution in [2.75, 3.05) is 23.3 Å². The number of amides is 1. The Morgan fingerprint density at radius 3 is 2.71 bits per heavy atom. The predicted molar refractivity (Wildman–Crippen MR) is 109 cm³/mol. The fourth-order valence-electron chi connectivity index (χ4n) is 3.36. The van der Waals surface area contributed by atoms with E-state index in [4.69, 9.17) is 4.74 Å². The van der Waals surface area contributed by atoms with Crippen LogP contribution in [0, 0.1) is 5.92 Å². The Labute approximate surface area is 164 Å². The maximum atomic E-state index is 12.9. The Morgan fingerprint density at radius 1 is 1.07 bits per heavy atom. The number of aromatic nitrogens is 2. The average Bonchev–Trinajstić information content (AvgIpc) is 2.76. The van der Waals surface area contributed by atoms with Gasteiger partial charge in [-0.25, -0.2) is 4.98 Å². The molecular formula is C22H22N4O2. The fraction of sp³-hybridized carbons (Fsp3) is 0.227. The molecule has 1 saturated heterocycles. The van der Waals surface area contributed by atoms with Crippen molar-refractivity contribution in [2.24, 2.45) is 5.92 Å². The Hall–Kier alpha value is -3.41. The molecule has 1 aliphatic rings. The van der Waals surface area contributed by atoms with Gasteiger partial charge in [0.15, 0.2) is 5.75 Å². The number of anilines is 2. The lowest BCUT2D eigenvalue weighted by molar-refractivity contribution is -0.120. The molecule has 0 aliphatic carbocycles. The van der Waals surface area contributed by atoms with Crippen molar-refractivity contribution < 1.29 is 9.53 Å². The Balaban J connectivity index is 1.45. The third-order valence-corrected chi connectivity index (χ3v) is 4.78. The van der Waals surface area contributed by atoms with Crippen LogP contribution in [0.5, 0.6) is 11.5 Å². The van der Waals surface area contributed by atoms with Crippen molar-refractivity contribution in [2.45, 2.75) is 12.8 Å². The first-order chi connectivity index (χ1) is 13.8. The first-order valence-electron chi connectivity index (χ1n) is 9.43. The molecule has 1 atom stereocenters. The quantitative estimate of drug-likeness (QED) is 0.727. The van der Waals surface area contributed by atoms with Crippen LogP contribution in [0.25, 0.3) is 0 Å². The number of para-hydroxylation sites is 3. The molecule has 2 heterocycles. The minimum absolute atomic E-state index is 0.00213. The van der Waals surface area contributed by atoms with Crippen LogP contribution < -0.4 is 15.0 Å². The van der Waals surface area contributed by atoms with Gasteiger partial charge in [-0.1, -0.05) is 30.3 Å². The number of ether oxygens (including phenoxy) is 1. The molecule has 28 heavy (non-hydrogen) atoms. The normalized spacial score (nSPS) is 16.4. The minimum atomic E-state index is -0.111. The molecule has 0 spiro atoms. The van der Waals surface area contributed by atoms with E-state index in [2.05, 4.69) is 20.2 Å². The van der Waals surface area contributed by atoms with E-state index in [0.29, 0.717) is 18.0 Å². The number of nitrogens with zero attached hydrogens (tertiary/aromatic N) is 3. The minimum Gasteiger partial charge on any atom is -0.455 e. The summed E-state index contributed by atoms with van der Waals surface area (Å²) in [6, 6.07) is 17.0. The molecule has 1 fully saturated rings. The zero-order valence-electron chi connectivity index (χ0n) is 15.5. The number of hydrogen-bond donors (Lipinski definition) is 1. The van der Waals surface area contributed by atoms with Crippen molar-refractivity contribution >= 4 is 17.4 Å². The van der Waals surface area contributed by atoms with E-state index >= 15 is 0 Å². The SMILES string of the molecule is O=C(Nc1ccccc1Oc1ccccc1)[C@H]1CCCN(c2cnccn2)C1. The molecule has 6 heteroatoms. The van der Waals surface area contributed by atoms with Crippen molar-refractivity contribution in [1.29, 1.82) is 0 Å². The van der Waals surface area contributed by atoms with Gasteiger partial charge < -0.3 is 15.0 Å². The summed E-state index contributed by atoms with van der Waals surface area (Å²) in [5.41, 5.74) is 0.674. The molecule has 0 saturated carbocycles. The number of hydrogen-bond acceptors (Lipinski definition) is 5. The van der Waals surface area contributed by atoms with Crippen LogP contribution in [-0.2, 0) is 4.79 Å². The third kappa shape index (κ3) is 4.28. The zero-order valence-corrected chi connectivity index (χ0v) is 15.5. The van der Waals surface area contributed by atoms with Crippen LogP contribution in [0.1, 0.15) is 12.8 Å². The van der Waals surface area contributed by atoms with Crippen LogP contribution in [0.3, 0.4) is 0 Å². The number of nitrogens with one attached hydrogen (secondary N) is 1. The van der Waals surface area contributed by atoms with Gasteiger partial charge in [0.2, 0.25) is 5.91 Å². The van der Waals surface area contributed by atoms with Gasteiger partial charge in [0, 0.05) is 25.5 Å². The second-order valence-electron chi connectivity index (χ2n) is 6.75. The molecule has 0 bridgehead atoms. The number of rotatable bonds is 5. The van der Waals surface area contributed by atoms with Gasteiger partial charge in [-0.3, -0.25) is 9.78 Å². The standard InChI is InChI=1S/C22H22N4O2/c27-22(17-7-6-14-26(16-17)21-15-23-12-13-24-21)25-19-10-4-5-11-20(19)28-18-8-2-1-3-9-18/h1-5,8-13,15,17H,6-7,14,16H2,(H,25,27)/t17-/m0/s1. The summed E-state index contributed by atoms with van der Waals surface area (Å²) in [5.74, 6) is 2.06. The molecule has 1 N–H and O–H groups in total. The third-order valence-electron chi connectivity index (χ3n) is 4.78. The van der Waals surface area contributed by atoms with Crippen molar-refractivity contribution in [3.63, 3.8) is 0 Å². The number of carbonyl (C=O) groups excluding carboxylic acids is 1. The van der Waals surface area contributed by atoms with E-state index in [1.165, 1.54) is 0 Å². The van der Waals surface area contributed by atoms with Gasteiger partial charge in [0.1, 0.15) is 11.6 Å². The summed E-state index contributed by atoms with van der Waals surface area (Å²) < 4.78 is 5.94. The lowest BCUT2D eigenvalue weighted by atomic mass is 9.97. The highest BCUT2D eigenvalue weighted by atomic mass is 16.5. The maximum absolute atomic E-state index is 12.9. The van der Waals surface area contributed by atoms with Gasteiger partial charge >= 0.3 is 0 Å². The first kappa shape index (κ1) is 18.0. The Bertz CT molecular complexity index is 918. The molecule has 1 amide bonds. The summed E-state index contributed by atoms with van der Waals surface area (Å²) in [6.45, 7) is 1.52. The van der Waals surface area contributed by atoms with E-state index in [1.807, 2.05) is 54.6 Å². The summed E-state index contributed by atoms with van der Waals surface area (Å²) in [5, 5.41) is 3.05. The summed E-state index contributed by atoms with van der Waals surface area (Å²) in [7, 11) is 0. The Morgan fingerprint density at radius 2 is 1.89 bits per heavy atom. The molecule has 3 aromatic rings. The van der Waals surface area contributed by atoms with Crippen LogP contribution >= 0.6 is 0 Å². The van der Waals surface area contributed by atoms with Crippen molar-refractivity contribution in [3.05, 3.63) is 73.2 Å². The number of piperidine rings is 1. The smallest absolute Gasteiger partial charge is 0.229 e. The monoisotopic (exact) mass is 374 g/mol. The molecule has 1 aromatic heterocycles. The van der Waals surface area contributed by atoms with E-state index in [0.717, 1.165) is 31.0 Å². The molecule has 2 aromatic carbocycles. The second kappa shape index (κ2) is 8.52. The van der Waals surface area contributed by atoms with Crippen LogP contribution in [-0.4, -0.2) is 29.0 Å². The fourth-order valence-corrected chi connectivity index (χ4v) is 3.36. The van der Waals surface area contributed by atoms with Gasteiger partial charge in [-0.05, 0) is 37.1 Å². The zero-order chi connectivity index (χ0) is 19.2. The molecule has 0 radical (unpaired) electrons. The number of carbonyl (C=O) groups is 1. The summed E-state index contributed by atoms with van der Waals surface area (Å²) >= 11 is 0. The summed E-state index contributed by atoms with van der Waals surface area (Å²) in [6.07, 6.45) is 6.86. The van der Waals surface area contributed by atoms with E-state index in [-0.39, 0.29) is 11.8 Å². The van der Waals surface area contributed by atoms with Gasteiger partial charge in [0.25, 0.3) is 0 Å². The Kier molecular flexibility index (Phi) is 5.47. The topological polar surface area (TPSA) is 67.3 Å². The van der Waals surface area contributed by atoms with Gasteiger partial charge in [0.05, 0.1) is 17.8 Å². The highest BCUT2D eigenvalue weighted by Crippen LogP contribution is 2.30. The highest BCUT2D eigenvalue weighted by Gasteiger charge is 2.27. The van der Waals surface area contributed by atoms with Crippen LogP contribution in [0.4, 0.5) is 11.5 Å². The van der Waals surface area contributed by atoms with Crippen LogP contribution in [0.15, 0.2) is 73.2 Å². The molecule has 6 nitrogen and oxygen atoms in total. The lowest BCUT2D eigenvalue weighted by Crippen LogP contribution is -2.41. The average molecular weight is 374 g/mol. The summed E-state index contributed by atoms with van der Waals surface area (Å²) in [4.78, 5) is 23.5. The maximum Gasteiger partial charge on any atom is 0.229 e. The first-order valence-corrected chi connectivity index (χ1v) is 9.43. The molecular weight excluding hydrogens is 352 g/mol. The largest absolute Gasteiger partial charge is 0.455 e. The molecule has 1 aliphatic heterocycles. The van der Waals surface area contributed by atoms with Crippen molar-refractivity contribution in [1.82, 2.24) is 9.97 Å². The van der Waals surface area contributed by atoms with Crippen LogP contribution in [0.2, 0.25) is 0 Å². The van der Waals surface area contributed by atoms with E-state index in [1.54, 1.807) is 18.6 Å². The number of benzene rings is 2.